The molecule has 8 nitrogen and oxygen atoms in total. The fourth-order valence-electron chi connectivity index (χ4n) is 4.12. The Labute approximate surface area is 192 Å². The number of nitrogens with zero attached hydrogens (tertiary/aromatic N) is 3. The first-order valence-electron chi connectivity index (χ1n) is 10.2. The Morgan fingerprint density at radius 3 is 2.58 bits per heavy atom. The molecule has 2 aromatic carbocycles. The number of aromatic nitrogens is 3. The van der Waals surface area contributed by atoms with E-state index in [4.69, 9.17) is 31.5 Å². The zero-order valence-corrected chi connectivity index (χ0v) is 17.9. The van der Waals surface area contributed by atoms with Crippen LogP contribution < -0.4 is 5.73 Å². The van der Waals surface area contributed by atoms with Gasteiger partial charge in [0.05, 0.1) is 18.8 Å². The van der Waals surface area contributed by atoms with E-state index < -0.39 is 53.2 Å². The maximum Gasteiger partial charge on any atom is 0.246 e. The van der Waals surface area contributed by atoms with Crippen LogP contribution in [-0.4, -0.2) is 45.8 Å². The van der Waals surface area contributed by atoms with Crippen LogP contribution in [0.15, 0.2) is 48.7 Å². The van der Waals surface area contributed by atoms with Crippen LogP contribution in [0.4, 0.5) is 8.78 Å². The van der Waals surface area contributed by atoms with Gasteiger partial charge in [-0.05, 0) is 12.1 Å². The number of benzene rings is 2. The summed E-state index contributed by atoms with van der Waals surface area (Å²) < 4.78 is 47.2. The van der Waals surface area contributed by atoms with Gasteiger partial charge >= 0.3 is 0 Å². The molecule has 0 aliphatic carbocycles. The third-order valence-electron chi connectivity index (χ3n) is 5.75. The van der Waals surface area contributed by atoms with Crippen molar-refractivity contribution in [1.29, 1.82) is 0 Å². The maximum atomic E-state index is 13.9. The standard InChI is InChI=1S/C22H19ClF2N4O4/c23-19-13(24)6-12(7-14(19)25)15-9-29(28-27-15)16-8-17(21(26)30)32-18-10-31-22(33-20(16)18)11-4-2-1-3-5-11/h1-7,9,16-18,20,22H,8,10H2,(H2,26,30)/t16-,17-,18-,20-,22?/m1/s1. The predicted molar refractivity (Wildman–Crippen MR) is 112 cm³/mol. The summed E-state index contributed by atoms with van der Waals surface area (Å²) in [4.78, 5) is 11.9. The normalized spacial score (nSPS) is 27.2. The first-order chi connectivity index (χ1) is 15.9. The molecule has 1 aromatic heterocycles. The number of hydrogen-bond donors (Lipinski definition) is 1. The molecule has 33 heavy (non-hydrogen) atoms. The lowest BCUT2D eigenvalue weighted by molar-refractivity contribution is -0.297. The van der Waals surface area contributed by atoms with Crippen molar-refractivity contribution in [2.75, 3.05) is 6.61 Å². The molecule has 2 aliphatic heterocycles. The molecule has 2 fully saturated rings. The number of carbonyl (C=O) groups is 1. The number of rotatable bonds is 4. The van der Waals surface area contributed by atoms with Crippen molar-refractivity contribution >= 4 is 17.5 Å². The number of hydrogen-bond acceptors (Lipinski definition) is 6. The van der Waals surface area contributed by atoms with Crippen molar-refractivity contribution in [3.8, 4) is 11.3 Å². The van der Waals surface area contributed by atoms with E-state index in [0.29, 0.717) is 0 Å². The predicted octanol–water partition coefficient (Wildman–Crippen LogP) is 3.17. The van der Waals surface area contributed by atoms with Gasteiger partial charge in [-0.1, -0.05) is 47.1 Å². The molecule has 0 radical (unpaired) electrons. The fourth-order valence-corrected chi connectivity index (χ4v) is 4.23. The van der Waals surface area contributed by atoms with Gasteiger partial charge in [0.25, 0.3) is 0 Å². The minimum atomic E-state index is -0.903. The van der Waals surface area contributed by atoms with Gasteiger partial charge in [-0.25, -0.2) is 13.5 Å². The molecule has 11 heteroatoms. The summed E-state index contributed by atoms with van der Waals surface area (Å²) in [5, 5.41) is 7.60. The first kappa shape index (κ1) is 21.9. The van der Waals surface area contributed by atoms with Gasteiger partial charge in [-0.3, -0.25) is 4.79 Å². The monoisotopic (exact) mass is 476 g/mol. The molecule has 2 aliphatic rings. The van der Waals surface area contributed by atoms with E-state index in [9.17, 15) is 13.6 Å². The van der Waals surface area contributed by atoms with Crippen molar-refractivity contribution in [3.63, 3.8) is 0 Å². The number of amides is 1. The number of nitrogens with two attached hydrogens (primary N) is 1. The molecular formula is C22H19ClF2N4O4. The van der Waals surface area contributed by atoms with E-state index in [2.05, 4.69) is 10.3 Å². The number of carbonyl (C=O) groups excluding carboxylic acids is 1. The van der Waals surface area contributed by atoms with Crippen LogP contribution in [0.5, 0.6) is 0 Å². The summed E-state index contributed by atoms with van der Waals surface area (Å²) in [5.41, 5.74) is 6.74. The summed E-state index contributed by atoms with van der Waals surface area (Å²) in [7, 11) is 0. The maximum absolute atomic E-state index is 13.9. The van der Waals surface area contributed by atoms with Crippen molar-refractivity contribution in [1.82, 2.24) is 15.0 Å². The average molecular weight is 477 g/mol. The highest BCUT2D eigenvalue weighted by Crippen LogP contribution is 2.39. The topological polar surface area (TPSA) is 101 Å². The van der Waals surface area contributed by atoms with Crippen LogP contribution in [0, 0.1) is 11.6 Å². The third kappa shape index (κ3) is 4.22. The van der Waals surface area contributed by atoms with Gasteiger partial charge in [0.15, 0.2) is 6.29 Å². The van der Waals surface area contributed by atoms with Crippen LogP contribution in [0.3, 0.4) is 0 Å². The molecule has 172 valence electrons. The van der Waals surface area contributed by atoms with Crippen molar-refractivity contribution in [3.05, 3.63) is 70.9 Å². The van der Waals surface area contributed by atoms with E-state index in [1.165, 1.54) is 10.9 Å². The van der Waals surface area contributed by atoms with Gasteiger partial charge in [-0.2, -0.15) is 0 Å². The molecule has 0 bridgehead atoms. The van der Waals surface area contributed by atoms with Crippen LogP contribution >= 0.6 is 11.6 Å². The number of primary amides is 1. The summed E-state index contributed by atoms with van der Waals surface area (Å²) in [6, 6.07) is 11.1. The van der Waals surface area contributed by atoms with Crippen molar-refractivity contribution in [2.45, 2.75) is 37.1 Å². The summed E-state index contributed by atoms with van der Waals surface area (Å²) in [6.07, 6.45) is -0.902. The van der Waals surface area contributed by atoms with Gasteiger partial charge < -0.3 is 19.9 Å². The third-order valence-corrected chi connectivity index (χ3v) is 6.11. The summed E-state index contributed by atoms with van der Waals surface area (Å²) in [6.45, 7) is 0.180. The SMILES string of the molecule is NC(=O)[C@H]1C[C@@H](n2cc(-c3cc(F)c(Cl)c(F)c3)nn2)[C@H]2OC(c3ccccc3)OC[C@H]2O1. The van der Waals surface area contributed by atoms with Crippen molar-refractivity contribution in [2.24, 2.45) is 5.73 Å². The van der Waals surface area contributed by atoms with E-state index in [0.717, 1.165) is 17.7 Å². The fraction of sp³-hybridized carbons (Fsp3) is 0.318. The molecule has 2 saturated heterocycles. The second-order valence-corrected chi connectivity index (χ2v) is 8.26. The summed E-state index contributed by atoms with van der Waals surface area (Å²) in [5.74, 6) is -2.43. The molecule has 2 N–H and O–H groups in total. The lowest BCUT2D eigenvalue weighted by Crippen LogP contribution is -2.55. The minimum Gasteiger partial charge on any atom is -0.367 e. The lowest BCUT2D eigenvalue weighted by atomic mass is 9.94. The van der Waals surface area contributed by atoms with Gasteiger partial charge in [0.2, 0.25) is 5.91 Å². The number of ether oxygens (including phenoxy) is 3. The van der Waals surface area contributed by atoms with Crippen LogP contribution in [0.1, 0.15) is 24.3 Å². The Bertz CT molecular complexity index is 1160. The molecule has 0 saturated carbocycles. The largest absolute Gasteiger partial charge is 0.367 e. The summed E-state index contributed by atoms with van der Waals surface area (Å²) >= 11 is 5.57. The Kier molecular flexibility index (Phi) is 5.83. The Morgan fingerprint density at radius 1 is 1.15 bits per heavy atom. The zero-order chi connectivity index (χ0) is 23.1. The molecule has 3 aromatic rings. The molecule has 5 rings (SSSR count). The van der Waals surface area contributed by atoms with E-state index in [1.807, 2.05) is 30.3 Å². The van der Waals surface area contributed by atoms with E-state index in [-0.39, 0.29) is 24.3 Å². The first-order valence-corrected chi connectivity index (χ1v) is 10.6. The number of fused-ring (bicyclic) bond motifs is 1. The molecule has 1 unspecified atom stereocenters. The van der Waals surface area contributed by atoms with Crippen LogP contribution in [-0.2, 0) is 19.0 Å². The highest BCUT2D eigenvalue weighted by molar-refractivity contribution is 6.30. The molecule has 3 heterocycles. The second kappa shape index (κ2) is 8.79. The van der Waals surface area contributed by atoms with Crippen molar-refractivity contribution < 1.29 is 27.8 Å². The van der Waals surface area contributed by atoms with E-state index >= 15 is 0 Å². The Hall–Kier alpha value is -2.92. The highest BCUT2D eigenvalue weighted by Gasteiger charge is 2.47. The number of halogens is 3. The second-order valence-electron chi connectivity index (χ2n) is 7.88. The quantitative estimate of drug-likeness (QED) is 0.580. The Morgan fingerprint density at radius 2 is 1.88 bits per heavy atom. The molecule has 1 amide bonds. The average Bonchev–Trinajstić information content (AvgIpc) is 3.32. The zero-order valence-electron chi connectivity index (χ0n) is 17.1. The van der Waals surface area contributed by atoms with E-state index in [1.54, 1.807) is 0 Å². The van der Waals surface area contributed by atoms with Crippen LogP contribution in [0.25, 0.3) is 11.3 Å². The van der Waals surface area contributed by atoms with Gasteiger partial charge in [0.1, 0.15) is 40.7 Å². The molecular weight excluding hydrogens is 458 g/mol. The lowest BCUT2D eigenvalue weighted by Gasteiger charge is -2.45. The molecule has 5 atom stereocenters. The van der Waals surface area contributed by atoms with Crippen LogP contribution in [0.2, 0.25) is 5.02 Å². The molecule has 0 spiro atoms. The smallest absolute Gasteiger partial charge is 0.246 e. The van der Waals surface area contributed by atoms with Gasteiger partial charge in [-0.15, -0.1) is 5.10 Å². The highest BCUT2D eigenvalue weighted by atomic mass is 35.5. The Balaban J connectivity index is 1.46. The van der Waals surface area contributed by atoms with Gasteiger partial charge in [0, 0.05) is 17.5 Å². The minimum absolute atomic E-state index is 0.172.